The molecule has 0 aromatic heterocycles. The van der Waals surface area contributed by atoms with Crippen LogP contribution in [0.4, 0.5) is 5.69 Å². The third-order valence-corrected chi connectivity index (χ3v) is 2.94. The van der Waals surface area contributed by atoms with Crippen molar-refractivity contribution >= 4 is 23.6 Å². The molecule has 2 N–H and O–H groups in total. The first-order chi connectivity index (χ1) is 10.6. The average molecular weight is 297 g/mol. The van der Waals surface area contributed by atoms with Crippen molar-refractivity contribution in [2.45, 2.75) is 0 Å². The minimum atomic E-state index is -1.09. The lowest BCUT2D eigenvalue weighted by atomic mass is 10.1. The van der Waals surface area contributed by atoms with Gasteiger partial charge in [0.1, 0.15) is 5.75 Å². The summed E-state index contributed by atoms with van der Waals surface area (Å²) in [4.78, 5) is 23.0. The first-order valence-corrected chi connectivity index (χ1v) is 6.55. The summed E-state index contributed by atoms with van der Waals surface area (Å²) >= 11 is 0. The number of carboxylic acids is 1. The van der Waals surface area contributed by atoms with Crippen molar-refractivity contribution in [2.24, 2.45) is 0 Å². The van der Waals surface area contributed by atoms with Crippen LogP contribution in [-0.4, -0.2) is 24.1 Å². The summed E-state index contributed by atoms with van der Waals surface area (Å²) < 4.78 is 5.10. The topological polar surface area (TPSA) is 75.6 Å². The number of benzene rings is 2. The highest BCUT2D eigenvalue weighted by molar-refractivity contribution is 6.06. The van der Waals surface area contributed by atoms with Crippen LogP contribution in [0.2, 0.25) is 0 Å². The molecule has 0 aliphatic carbocycles. The minimum absolute atomic E-state index is 0.0469. The number of hydrogen-bond acceptors (Lipinski definition) is 3. The predicted octanol–water partition coefficient (Wildman–Crippen LogP) is 3.05. The van der Waals surface area contributed by atoms with Gasteiger partial charge in [-0.15, -0.1) is 0 Å². The zero-order valence-electron chi connectivity index (χ0n) is 11.9. The Labute approximate surface area is 127 Å². The van der Waals surface area contributed by atoms with Crippen molar-refractivity contribution in [3.8, 4) is 5.75 Å². The van der Waals surface area contributed by atoms with E-state index < -0.39 is 11.9 Å². The number of ether oxygens (including phenoxy) is 1. The van der Waals surface area contributed by atoms with E-state index >= 15 is 0 Å². The van der Waals surface area contributed by atoms with Crippen molar-refractivity contribution in [1.82, 2.24) is 0 Å². The quantitative estimate of drug-likeness (QED) is 0.832. The molecule has 0 unspecified atom stereocenters. The Morgan fingerprint density at radius 1 is 1.14 bits per heavy atom. The van der Waals surface area contributed by atoms with Crippen LogP contribution >= 0.6 is 0 Å². The molecule has 0 aliphatic heterocycles. The van der Waals surface area contributed by atoms with Gasteiger partial charge in [-0.2, -0.15) is 0 Å². The Morgan fingerprint density at radius 2 is 1.91 bits per heavy atom. The maximum atomic E-state index is 11.9. The van der Waals surface area contributed by atoms with E-state index in [1.54, 1.807) is 43.5 Å². The monoisotopic (exact) mass is 297 g/mol. The van der Waals surface area contributed by atoms with Crippen molar-refractivity contribution in [3.05, 3.63) is 65.7 Å². The molecule has 0 radical (unpaired) electrons. The average Bonchev–Trinajstić information content (AvgIpc) is 2.53. The fourth-order valence-corrected chi connectivity index (χ4v) is 1.87. The molecule has 5 nitrogen and oxygen atoms in total. The number of aromatic carboxylic acids is 1. The van der Waals surface area contributed by atoms with E-state index in [2.05, 4.69) is 5.32 Å². The number of para-hydroxylation sites is 1. The molecular formula is C17H15NO4. The SMILES string of the molecule is COc1cccc(/C=C/C(=O)Nc2ccccc2C(=O)O)c1. The largest absolute Gasteiger partial charge is 0.497 e. The van der Waals surface area contributed by atoms with Crippen LogP contribution < -0.4 is 10.1 Å². The Hall–Kier alpha value is -3.08. The van der Waals surface area contributed by atoms with E-state index in [1.165, 1.54) is 12.1 Å². The van der Waals surface area contributed by atoms with E-state index in [9.17, 15) is 9.59 Å². The van der Waals surface area contributed by atoms with Gasteiger partial charge in [-0.25, -0.2) is 4.79 Å². The molecule has 2 aromatic carbocycles. The molecular weight excluding hydrogens is 282 g/mol. The van der Waals surface area contributed by atoms with Crippen LogP contribution in [0, 0.1) is 0 Å². The summed E-state index contributed by atoms with van der Waals surface area (Å²) in [5.41, 5.74) is 1.11. The summed E-state index contributed by atoms with van der Waals surface area (Å²) in [6, 6.07) is 13.5. The molecule has 5 heteroatoms. The zero-order chi connectivity index (χ0) is 15.9. The highest BCUT2D eigenvalue weighted by atomic mass is 16.5. The van der Waals surface area contributed by atoms with Gasteiger partial charge in [-0.3, -0.25) is 4.79 Å². The van der Waals surface area contributed by atoms with Crippen LogP contribution in [0.1, 0.15) is 15.9 Å². The molecule has 0 saturated heterocycles. The molecule has 0 bridgehead atoms. The second kappa shape index (κ2) is 7.08. The second-order valence-electron chi connectivity index (χ2n) is 4.45. The van der Waals surface area contributed by atoms with Gasteiger partial charge >= 0.3 is 5.97 Å². The summed E-state index contributed by atoms with van der Waals surface area (Å²) in [6.07, 6.45) is 2.97. The molecule has 0 spiro atoms. The van der Waals surface area contributed by atoms with Gasteiger partial charge in [0.15, 0.2) is 0 Å². The minimum Gasteiger partial charge on any atom is -0.497 e. The molecule has 0 saturated carbocycles. The van der Waals surface area contributed by atoms with Crippen LogP contribution in [0.15, 0.2) is 54.6 Å². The van der Waals surface area contributed by atoms with Gasteiger partial charge in [-0.05, 0) is 35.9 Å². The number of methoxy groups -OCH3 is 1. The smallest absolute Gasteiger partial charge is 0.337 e. The Bertz CT molecular complexity index is 722. The van der Waals surface area contributed by atoms with Gasteiger partial charge in [0.25, 0.3) is 0 Å². The first kappa shape index (κ1) is 15.3. The normalized spacial score (nSPS) is 10.4. The van der Waals surface area contributed by atoms with E-state index in [1.807, 2.05) is 12.1 Å². The van der Waals surface area contributed by atoms with E-state index in [0.717, 1.165) is 5.56 Å². The molecule has 0 heterocycles. The van der Waals surface area contributed by atoms with Crippen molar-refractivity contribution in [3.63, 3.8) is 0 Å². The highest BCUT2D eigenvalue weighted by Gasteiger charge is 2.10. The summed E-state index contributed by atoms with van der Waals surface area (Å²) in [6.45, 7) is 0. The molecule has 1 amide bonds. The maximum absolute atomic E-state index is 11.9. The lowest BCUT2D eigenvalue weighted by molar-refractivity contribution is -0.111. The lowest BCUT2D eigenvalue weighted by Gasteiger charge is -2.05. The standard InChI is InChI=1S/C17H15NO4/c1-22-13-6-4-5-12(11-13)9-10-16(19)18-15-8-3-2-7-14(15)17(20)21/h2-11H,1H3,(H,18,19)(H,20,21)/b10-9+. The Morgan fingerprint density at radius 3 is 2.64 bits per heavy atom. The van der Waals surface area contributed by atoms with Crippen molar-refractivity contribution in [1.29, 1.82) is 0 Å². The summed E-state index contributed by atoms with van der Waals surface area (Å²) in [5.74, 6) is -0.803. The maximum Gasteiger partial charge on any atom is 0.337 e. The van der Waals surface area contributed by atoms with Crippen LogP contribution in [0.25, 0.3) is 6.08 Å². The molecule has 22 heavy (non-hydrogen) atoms. The number of anilines is 1. The summed E-state index contributed by atoms with van der Waals surface area (Å²) in [7, 11) is 1.57. The Balaban J connectivity index is 2.10. The predicted molar refractivity (Wildman–Crippen MR) is 84.1 cm³/mol. The van der Waals surface area contributed by atoms with Gasteiger partial charge in [0.05, 0.1) is 18.4 Å². The third kappa shape index (κ3) is 3.96. The number of carboxylic acid groups (broad SMARTS) is 1. The van der Waals surface area contributed by atoms with Crippen LogP contribution in [0.5, 0.6) is 5.75 Å². The molecule has 0 aliphatic rings. The fourth-order valence-electron chi connectivity index (χ4n) is 1.87. The molecule has 2 rings (SSSR count). The molecule has 2 aromatic rings. The van der Waals surface area contributed by atoms with Crippen LogP contribution in [-0.2, 0) is 4.79 Å². The number of rotatable bonds is 5. The Kier molecular flexibility index (Phi) is 4.93. The molecule has 0 atom stereocenters. The van der Waals surface area contributed by atoms with Gasteiger partial charge in [0.2, 0.25) is 5.91 Å². The van der Waals surface area contributed by atoms with Crippen molar-refractivity contribution in [2.75, 3.05) is 12.4 Å². The lowest BCUT2D eigenvalue weighted by Crippen LogP contribution is -2.11. The van der Waals surface area contributed by atoms with Crippen LogP contribution in [0.3, 0.4) is 0 Å². The second-order valence-corrected chi connectivity index (χ2v) is 4.45. The number of hydrogen-bond donors (Lipinski definition) is 2. The fraction of sp³-hybridized carbons (Fsp3) is 0.0588. The first-order valence-electron chi connectivity index (χ1n) is 6.55. The number of nitrogens with one attached hydrogen (secondary N) is 1. The van der Waals surface area contributed by atoms with Gasteiger partial charge in [0, 0.05) is 6.08 Å². The molecule has 112 valence electrons. The molecule has 0 fully saturated rings. The van der Waals surface area contributed by atoms with E-state index in [0.29, 0.717) is 5.75 Å². The number of carbonyl (C=O) groups is 2. The third-order valence-electron chi connectivity index (χ3n) is 2.94. The zero-order valence-corrected chi connectivity index (χ0v) is 11.9. The van der Waals surface area contributed by atoms with Gasteiger partial charge < -0.3 is 15.2 Å². The summed E-state index contributed by atoms with van der Waals surface area (Å²) in [5, 5.41) is 11.6. The number of carbonyl (C=O) groups excluding carboxylic acids is 1. The van der Waals surface area contributed by atoms with E-state index in [4.69, 9.17) is 9.84 Å². The van der Waals surface area contributed by atoms with E-state index in [-0.39, 0.29) is 11.3 Å². The van der Waals surface area contributed by atoms with Crippen molar-refractivity contribution < 1.29 is 19.4 Å². The number of amides is 1. The highest BCUT2D eigenvalue weighted by Crippen LogP contribution is 2.16. The van der Waals surface area contributed by atoms with Gasteiger partial charge in [-0.1, -0.05) is 24.3 Å².